The highest BCUT2D eigenvalue weighted by molar-refractivity contribution is 5.91. The predicted octanol–water partition coefficient (Wildman–Crippen LogP) is 1.94. The van der Waals surface area contributed by atoms with E-state index in [9.17, 15) is 9.90 Å². The molecule has 21 heavy (non-hydrogen) atoms. The number of piperazine rings is 1. The van der Waals surface area contributed by atoms with Crippen LogP contribution in [0.3, 0.4) is 0 Å². The lowest BCUT2D eigenvalue weighted by Gasteiger charge is -2.32. The van der Waals surface area contributed by atoms with E-state index in [0.717, 1.165) is 32.7 Å². The number of ketones is 1. The topological polar surface area (TPSA) is 43.8 Å². The van der Waals surface area contributed by atoms with Crippen molar-refractivity contribution in [3.05, 3.63) is 12.2 Å². The van der Waals surface area contributed by atoms with Gasteiger partial charge in [0.15, 0.2) is 5.78 Å². The van der Waals surface area contributed by atoms with E-state index in [1.54, 1.807) is 0 Å². The molecule has 122 valence electrons. The van der Waals surface area contributed by atoms with Crippen LogP contribution >= 0.6 is 0 Å². The van der Waals surface area contributed by atoms with E-state index in [-0.39, 0.29) is 5.78 Å². The Bertz CT molecular complexity index is 365. The fourth-order valence-electron chi connectivity index (χ4n) is 2.63. The van der Waals surface area contributed by atoms with Gasteiger partial charge in [0.25, 0.3) is 0 Å². The zero-order valence-corrected chi connectivity index (χ0v) is 14.4. The quantitative estimate of drug-likeness (QED) is 0.761. The Morgan fingerprint density at radius 1 is 1.14 bits per heavy atom. The minimum atomic E-state index is -1.23. The monoisotopic (exact) mass is 296 g/mol. The van der Waals surface area contributed by atoms with Crippen molar-refractivity contribution in [3.63, 3.8) is 0 Å². The van der Waals surface area contributed by atoms with Crippen molar-refractivity contribution >= 4 is 5.78 Å². The molecule has 0 amide bonds. The lowest BCUT2D eigenvalue weighted by molar-refractivity contribution is -0.145. The maximum atomic E-state index is 12.3. The van der Waals surface area contributed by atoms with E-state index in [1.165, 1.54) is 0 Å². The number of nitrogens with zero attached hydrogens (tertiary/aromatic N) is 2. The third-order valence-corrected chi connectivity index (χ3v) is 4.27. The second-order valence-electron chi connectivity index (χ2n) is 7.24. The number of Topliss-reactive ketones (excluding diaryl/α,β-unsaturated/α-hetero) is 1. The van der Waals surface area contributed by atoms with Gasteiger partial charge in [-0.1, -0.05) is 39.8 Å². The van der Waals surface area contributed by atoms with Crippen molar-refractivity contribution < 1.29 is 9.90 Å². The van der Waals surface area contributed by atoms with Crippen LogP contribution in [0.4, 0.5) is 0 Å². The van der Waals surface area contributed by atoms with Crippen molar-refractivity contribution in [2.45, 2.75) is 46.1 Å². The minimum absolute atomic E-state index is 0.0678. The Morgan fingerprint density at radius 2 is 1.71 bits per heavy atom. The third-order valence-electron chi connectivity index (χ3n) is 4.27. The molecular formula is C17H32N2O2. The first-order chi connectivity index (χ1) is 9.69. The summed E-state index contributed by atoms with van der Waals surface area (Å²) in [4.78, 5) is 17.1. The van der Waals surface area contributed by atoms with E-state index in [0.29, 0.717) is 12.8 Å². The number of hydrogen-bond acceptors (Lipinski definition) is 4. The van der Waals surface area contributed by atoms with Gasteiger partial charge in [0.2, 0.25) is 0 Å². The summed E-state index contributed by atoms with van der Waals surface area (Å²) in [6, 6.07) is 0. The van der Waals surface area contributed by atoms with Gasteiger partial charge in [-0.2, -0.15) is 0 Å². The summed E-state index contributed by atoms with van der Waals surface area (Å²) in [7, 11) is 2.15. The maximum Gasteiger partial charge on any atom is 0.169 e. The van der Waals surface area contributed by atoms with Gasteiger partial charge in [0.1, 0.15) is 5.60 Å². The fourth-order valence-corrected chi connectivity index (χ4v) is 2.63. The molecule has 1 N–H and O–H groups in total. The van der Waals surface area contributed by atoms with Crippen LogP contribution in [0, 0.1) is 5.41 Å². The lowest BCUT2D eigenvalue weighted by Crippen LogP contribution is -2.45. The van der Waals surface area contributed by atoms with Crippen LogP contribution in [0.2, 0.25) is 0 Å². The maximum absolute atomic E-state index is 12.3. The number of likely N-dealkylation sites (N-methyl/N-ethyl adjacent to an activating group) is 1. The molecule has 1 rings (SSSR count). The van der Waals surface area contributed by atoms with Crippen LogP contribution in [-0.4, -0.2) is 66.1 Å². The van der Waals surface area contributed by atoms with Crippen LogP contribution in [0.25, 0.3) is 0 Å². The van der Waals surface area contributed by atoms with Gasteiger partial charge >= 0.3 is 0 Å². The molecule has 0 saturated carbocycles. The summed E-state index contributed by atoms with van der Waals surface area (Å²) in [5.41, 5.74) is -1.73. The SMILES string of the molecule is CC[C@](O)(C/C=C/CN1CCN(C)CC1)C(=O)C(C)(C)C. The summed E-state index contributed by atoms with van der Waals surface area (Å²) in [5, 5.41) is 10.6. The van der Waals surface area contributed by atoms with E-state index in [2.05, 4.69) is 22.9 Å². The molecule has 4 nitrogen and oxygen atoms in total. The first kappa shape index (κ1) is 18.3. The first-order valence-corrected chi connectivity index (χ1v) is 8.02. The first-order valence-electron chi connectivity index (χ1n) is 8.02. The van der Waals surface area contributed by atoms with Gasteiger partial charge in [-0.15, -0.1) is 0 Å². The van der Waals surface area contributed by atoms with E-state index >= 15 is 0 Å². The van der Waals surface area contributed by atoms with Crippen LogP contribution in [0.1, 0.15) is 40.5 Å². The number of rotatable bonds is 6. The van der Waals surface area contributed by atoms with Gasteiger partial charge < -0.3 is 10.0 Å². The van der Waals surface area contributed by atoms with Crippen LogP contribution in [-0.2, 0) is 4.79 Å². The van der Waals surface area contributed by atoms with Gasteiger partial charge in [0, 0.05) is 44.6 Å². The highest BCUT2D eigenvalue weighted by atomic mass is 16.3. The third kappa shape index (κ3) is 5.53. The normalized spacial score (nSPS) is 21.6. The summed E-state index contributed by atoms with van der Waals surface area (Å²) >= 11 is 0. The van der Waals surface area contributed by atoms with Gasteiger partial charge in [-0.3, -0.25) is 9.69 Å². The largest absolute Gasteiger partial charge is 0.382 e. The van der Waals surface area contributed by atoms with Gasteiger partial charge in [-0.25, -0.2) is 0 Å². The van der Waals surface area contributed by atoms with Crippen molar-refractivity contribution in [2.24, 2.45) is 5.41 Å². The Labute approximate surface area is 129 Å². The molecular weight excluding hydrogens is 264 g/mol. The smallest absolute Gasteiger partial charge is 0.169 e. The Hall–Kier alpha value is -0.710. The average Bonchev–Trinajstić information content (AvgIpc) is 2.43. The average molecular weight is 296 g/mol. The molecule has 0 aromatic rings. The van der Waals surface area contributed by atoms with Crippen molar-refractivity contribution in [3.8, 4) is 0 Å². The summed E-state index contributed by atoms with van der Waals surface area (Å²) < 4.78 is 0. The van der Waals surface area contributed by atoms with E-state index in [1.807, 2.05) is 33.8 Å². The van der Waals surface area contributed by atoms with Crippen LogP contribution < -0.4 is 0 Å². The molecule has 4 heteroatoms. The highest BCUT2D eigenvalue weighted by Crippen LogP contribution is 2.28. The van der Waals surface area contributed by atoms with Gasteiger partial charge in [0.05, 0.1) is 0 Å². The number of carbonyl (C=O) groups is 1. The van der Waals surface area contributed by atoms with Crippen LogP contribution in [0.5, 0.6) is 0 Å². The zero-order chi connectivity index (χ0) is 16.1. The molecule has 0 aliphatic carbocycles. The Kier molecular flexibility index (Phi) is 6.57. The van der Waals surface area contributed by atoms with Crippen molar-refractivity contribution in [1.82, 2.24) is 9.80 Å². The van der Waals surface area contributed by atoms with Crippen LogP contribution in [0.15, 0.2) is 12.2 Å². The molecule has 1 saturated heterocycles. The molecule has 0 aromatic carbocycles. The molecule has 1 atom stereocenters. The number of aliphatic hydroxyl groups is 1. The number of hydrogen-bond donors (Lipinski definition) is 1. The summed E-state index contributed by atoms with van der Waals surface area (Å²) in [5.74, 6) is -0.0678. The molecule has 0 radical (unpaired) electrons. The minimum Gasteiger partial charge on any atom is -0.382 e. The standard InChI is InChI=1S/C17H32N2O2/c1-6-17(21,15(20)16(2,3)4)9-7-8-10-19-13-11-18(5)12-14-19/h7-8,21H,6,9-14H2,1-5H3/b8-7+/t17-/m0/s1. The predicted molar refractivity (Wildman–Crippen MR) is 87.4 cm³/mol. The zero-order valence-electron chi connectivity index (χ0n) is 14.4. The highest BCUT2D eigenvalue weighted by Gasteiger charge is 2.39. The summed E-state index contributed by atoms with van der Waals surface area (Å²) in [6.45, 7) is 12.7. The van der Waals surface area contributed by atoms with Gasteiger partial charge in [-0.05, 0) is 13.5 Å². The second kappa shape index (κ2) is 7.52. The van der Waals surface area contributed by atoms with Crippen molar-refractivity contribution in [1.29, 1.82) is 0 Å². The summed E-state index contributed by atoms with van der Waals surface area (Å²) in [6.07, 6.45) is 4.92. The molecule has 1 aliphatic rings. The molecule has 1 aliphatic heterocycles. The van der Waals surface area contributed by atoms with E-state index < -0.39 is 11.0 Å². The lowest BCUT2D eigenvalue weighted by atomic mass is 9.77. The fraction of sp³-hybridized carbons (Fsp3) is 0.824. The number of carbonyl (C=O) groups excluding carboxylic acids is 1. The Balaban J connectivity index is 2.47. The second-order valence-corrected chi connectivity index (χ2v) is 7.24. The molecule has 1 fully saturated rings. The van der Waals surface area contributed by atoms with Crippen molar-refractivity contribution in [2.75, 3.05) is 39.8 Å². The molecule has 0 unspecified atom stereocenters. The molecule has 1 heterocycles. The Morgan fingerprint density at radius 3 is 2.19 bits per heavy atom. The molecule has 0 bridgehead atoms. The van der Waals surface area contributed by atoms with E-state index in [4.69, 9.17) is 0 Å². The molecule has 0 aromatic heterocycles. The molecule has 0 spiro atoms.